The zero-order valence-corrected chi connectivity index (χ0v) is 10.3. The van der Waals surface area contributed by atoms with Crippen molar-refractivity contribution in [3.8, 4) is 0 Å². The lowest BCUT2D eigenvalue weighted by atomic mass is 10.4. The van der Waals surface area contributed by atoms with Gasteiger partial charge in [-0.05, 0) is 28.1 Å². The molecule has 0 radical (unpaired) electrons. The van der Waals surface area contributed by atoms with E-state index in [1.165, 1.54) is 0 Å². The molecule has 0 aromatic heterocycles. The number of aliphatic hydroxyl groups is 1. The second-order valence-corrected chi connectivity index (χ2v) is 4.77. The van der Waals surface area contributed by atoms with Gasteiger partial charge in [0, 0.05) is 22.2 Å². The Bertz CT molecular complexity index is 281. The molecule has 1 rings (SSSR count). The van der Waals surface area contributed by atoms with Crippen LogP contribution in [0.2, 0.25) is 0 Å². The number of ether oxygens (including phenoxy) is 1. The van der Waals surface area contributed by atoms with Gasteiger partial charge in [-0.25, -0.2) is 0 Å². The standard InChI is InChI=1S/C10H13BrO2S/c1-13-6-8(12)7-14-10-5-3-2-4-9(10)11/h2-5,8,12H,6-7H2,1H3. The van der Waals surface area contributed by atoms with E-state index >= 15 is 0 Å². The van der Waals surface area contributed by atoms with Crippen LogP contribution in [0.25, 0.3) is 0 Å². The number of methoxy groups -OCH3 is 1. The first-order valence-corrected chi connectivity index (χ1v) is 6.06. The molecular formula is C10H13BrO2S. The fourth-order valence-corrected chi connectivity index (χ4v) is 2.47. The highest BCUT2D eigenvalue weighted by molar-refractivity contribution is 9.10. The third-order valence-corrected chi connectivity index (χ3v) is 3.80. The summed E-state index contributed by atoms with van der Waals surface area (Å²) in [5.74, 6) is 0.649. The Morgan fingerprint density at radius 2 is 2.21 bits per heavy atom. The number of benzene rings is 1. The first kappa shape index (κ1) is 12.0. The monoisotopic (exact) mass is 276 g/mol. The summed E-state index contributed by atoms with van der Waals surface area (Å²) in [6, 6.07) is 7.97. The molecule has 14 heavy (non-hydrogen) atoms. The molecule has 0 heterocycles. The normalized spacial score (nSPS) is 12.8. The van der Waals surface area contributed by atoms with Crippen molar-refractivity contribution in [2.24, 2.45) is 0 Å². The van der Waals surface area contributed by atoms with Gasteiger partial charge in [0.15, 0.2) is 0 Å². The van der Waals surface area contributed by atoms with Crippen LogP contribution in [0.1, 0.15) is 0 Å². The molecular weight excluding hydrogens is 264 g/mol. The lowest BCUT2D eigenvalue weighted by molar-refractivity contribution is 0.0794. The number of thioether (sulfide) groups is 1. The summed E-state index contributed by atoms with van der Waals surface area (Å²) >= 11 is 5.07. The average molecular weight is 277 g/mol. The van der Waals surface area contributed by atoms with Gasteiger partial charge in [0.05, 0.1) is 12.7 Å². The predicted octanol–water partition coefficient (Wildman–Crippen LogP) is 2.55. The SMILES string of the molecule is COCC(O)CSc1ccccc1Br. The van der Waals surface area contributed by atoms with Crippen molar-refractivity contribution >= 4 is 27.7 Å². The third-order valence-electron chi connectivity index (χ3n) is 1.63. The minimum absolute atomic E-state index is 0.386. The van der Waals surface area contributed by atoms with Gasteiger partial charge in [0.25, 0.3) is 0 Å². The Morgan fingerprint density at radius 1 is 1.50 bits per heavy atom. The largest absolute Gasteiger partial charge is 0.390 e. The Kier molecular flexibility index (Phi) is 5.55. The van der Waals surface area contributed by atoms with E-state index in [1.54, 1.807) is 18.9 Å². The first-order chi connectivity index (χ1) is 6.74. The van der Waals surface area contributed by atoms with E-state index in [0.717, 1.165) is 9.37 Å². The predicted molar refractivity (Wildman–Crippen MR) is 62.7 cm³/mol. The lowest BCUT2D eigenvalue weighted by Gasteiger charge is -2.09. The quantitative estimate of drug-likeness (QED) is 0.839. The fourth-order valence-electron chi connectivity index (χ4n) is 0.988. The van der Waals surface area contributed by atoms with Crippen molar-refractivity contribution in [2.45, 2.75) is 11.0 Å². The second-order valence-electron chi connectivity index (χ2n) is 2.85. The van der Waals surface area contributed by atoms with Gasteiger partial charge in [-0.15, -0.1) is 11.8 Å². The maximum Gasteiger partial charge on any atom is 0.0867 e. The smallest absolute Gasteiger partial charge is 0.0867 e. The van der Waals surface area contributed by atoms with E-state index in [1.807, 2.05) is 24.3 Å². The Labute approximate surface area is 96.8 Å². The highest BCUT2D eigenvalue weighted by atomic mass is 79.9. The minimum Gasteiger partial charge on any atom is -0.390 e. The topological polar surface area (TPSA) is 29.5 Å². The van der Waals surface area contributed by atoms with Crippen LogP contribution in [-0.2, 0) is 4.74 Å². The third kappa shape index (κ3) is 4.00. The number of hydrogen-bond donors (Lipinski definition) is 1. The van der Waals surface area contributed by atoms with Crippen LogP contribution in [0, 0.1) is 0 Å². The number of rotatable bonds is 5. The van der Waals surface area contributed by atoms with E-state index in [-0.39, 0.29) is 0 Å². The molecule has 0 saturated carbocycles. The summed E-state index contributed by atoms with van der Waals surface area (Å²) in [5, 5.41) is 9.44. The van der Waals surface area contributed by atoms with Crippen molar-refractivity contribution < 1.29 is 9.84 Å². The lowest BCUT2D eigenvalue weighted by Crippen LogP contribution is -2.16. The molecule has 0 aliphatic heterocycles. The van der Waals surface area contributed by atoms with Crippen LogP contribution in [0.5, 0.6) is 0 Å². The average Bonchev–Trinajstić information content (AvgIpc) is 2.17. The number of halogens is 1. The molecule has 0 aliphatic carbocycles. The van der Waals surface area contributed by atoms with Crippen LogP contribution in [0.4, 0.5) is 0 Å². The van der Waals surface area contributed by atoms with Gasteiger partial charge < -0.3 is 9.84 Å². The highest BCUT2D eigenvalue weighted by Gasteiger charge is 2.05. The molecule has 0 saturated heterocycles. The minimum atomic E-state index is -0.405. The van der Waals surface area contributed by atoms with Crippen molar-refractivity contribution in [1.82, 2.24) is 0 Å². The molecule has 1 unspecified atom stereocenters. The summed E-state index contributed by atoms with van der Waals surface area (Å²) in [6.45, 7) is 0.386. The molecule has 0 spiro atoms. The number of aliphatic hydroxyl groups excluding tert-OH is 1. The van der Waals surface area contributed by atoms with Crippen molar-refractivity contribution in [2.75, 3.05) is 19.5 Å². The van der Waals surface area contributed by atoms with Gasteiger partial charge in [0.1, 0.15) is 0 Å². The molecule has 0 aliphatic rings. The molecule has 2 nitrogen and oxygen atoms in total. The molecule has 1 aromatic carbocycles. The van der Waals surface area contributed by atoms with E-state index in [0.29, 0.717) is 12.4 Å². The molecule has 0 amide bonds. The number of hydrogen-bond acceptors (Lipinski definition) is 3. The maximum atomic E-state index is 9.44. The second kappa shape index (κ2) is 6.45. The molecule has 4 heteroatoms. The van der Waals surface area contributed by atoms with E-state index in [2.05, 4.69) is 15.9 Å². The molecule has 0 fully saturated rings. The Hall–Kier alpha value is -0.0300. The summed E-state index contributed by atoms with van der Waals surface area (Å²) in [4.78, 5) is 1.14. The van der Waals surface area contributed by atoms with Gasteiger partial charge in [-0.1, -0.05) is 12.1 Å². The van der Waals surface area contributed by atoms with Crippen LogP contribution >= 0.6 is 27.7 Å². The molecule has 1 atom stereocenters. The van der Waals surface area contributed by atoms with Crippen molar-refractivity contribution in [3.05, 3.63) is 28.7 Å². The summed E-state index contributed by atoms with van der Waals surface area (Å²) in [6.07, 6.45) is -0.405. The molecule has 1 N–H and O–H groups in total. The fraction of sp³-hybridized carbons (Fsp3) is 0.400. The summed E-state index contributed by atoms with van der Waals surface area (Å²) in [5.41, 5.74) is 0. The van der Waals surface area contributed by atoms with Crippen molar-refractivity contribution in [3.63, 3.8) is 0 Å². The zero-order valence-electron chi connectivity index (χ0n) is 7.94. The molecule has 1 aromatic rings. The van der Waals surface area contributed by atoms with E-state index < -0.39 is 6.10 Å². The molecule has 0 bridgehead atoms. The van der Waals surface area contributed by atoms with Gasteiger partial charge in [-0.2, -0.15) is 0 Å². The van der Waals surface area contributed by atoms with Crippen LogP contribution < -0.4 is 0 Å². The highest BCUT2D eigenvalue weighted by Crippen LogP contribution is 2.27. The van der Waals surface area contributed by atoms with Gasteiger partial charge in [0.2, 0.25) is 0 Å². The molecule has 78 valence electrons. The van der Waals surface area contributed by atoms with Gasteiger partial charge in [-0.3, -0.25) is 0 Å². The van der Waals surface area contributed by atoms with Crippen LogP contribution in [0.15, 0.2) is 33.6 Å². The maximum absolute atomic E-state index is 9.44. The van der Waals surface area contributed by atoms with Crippen LogP contribution in [-0.4, -0.2) is 30.7 Å². The van der Waals surface area contributed by atoms with E-state index in [4.69, 9.17) is 4.74 Å². The first-order valence-electron chi connectivity index (χ1n) is 4.28. The van der Waals surface area contributed by atoms with E-state index in [9.17, 15) is 5.11 Å². The summed E-state index contributed by atoms with van der Waals surface area (Å²) < 4.78 is 5.91. The Balaban J connectivity index is 2.41. The zero-order chi connectivity index (χ0) is 10.4. The summed E-state index contributed by atoms with van der Waals surface area (Å²) in [7, 11) is 1.59. The van der Waals surface area contributed by atoms with Crippen LogP contribution in [0.3, 0.4) is 0 Å². The Morgan fingerprint density at radius 3 is 2.86 bits per heavy atom. The van der Waals surface area contributed by atoms with Gasteiger partial charge >= 0.3 is 0 Å². The van der Waals surface area contributed by atoms with Crippen molar-refractivity contribution in [1.29, 1.82) is 0 Å².